The third kappa shape index (κ3) is 3.68. The number of nitrogens with zero attached hydrogens (tertiary/aromatic N) is 2. The molecule has 1 unspecified atom stereocenters. The summed E-state index contributed by atoms with van der Waals surface area (Å²) in [6.07, 6.45) is 1.17. The number of benzene rings is 1. The first kappa shape index (κ1) is 14.8. The summed E-state index contributed by atoms with van der Waals surface area (Å²) in [7, 11) is 6.19. The lowest BCUT2D eigenvalue weighted by atomic mass is 10.2. The van der Waals surface area contributed by atoms with E-state index in [1.54, 1.807) is 0 Å². The second kappa shape index (κ2) is 6.20. The van der Waals surface area contributed by atoms with Crippen molar-refractivity contribution in [3.05, 3.63) is 28.2 Å². The smallest absolute Gasteiger partial charge is 0.130 e. The summed E-state index contributed by atoms with van der Waals surface area (Å²) in [4.78, 5) is 5.13. The molecule has 0 saturated carbocycles. The normalized spacial score (nSPS) is 19.1. The zero-order valence-corrected chi connectivity index (χ0v) is 13.9. The van der Waals surface area contributed by atoms with E-state index >= 15 is 0 Å². The number of rotatable bonds is 3. The first-order chi connectivity index (χ1) is 8.97. The summed E-state index contributed by atoms with van der Waals surface area (Å²) in [6.45, 7) is 1.84. The van der Waals surface area contributed by atoms with Gasteiger partial charge in [0.05, 0.1) is 12.1 Å². The van der Waals surface area contributed by atoms with Crippen molar-refractivity contribution in [3.63, 3.8) is 0 Å². The van der Waals surface area contributed by atoms with Gasteiger partial charge in [-0.05, 0) is 38.7 Å². The molecule has 1 heterocycles. The van der Waals surface area contributed by atoms with Gasteiger partial charge in [-0.2, -0.15) is 0 Å². The van der Waals surface area contributed by atoms with Gasteiger partial charge >= 0.3 is 0 Å². The Morgan fingerprint density at radius 1 is 1.47 bits per heavy atom. The van der Waals surface area contributed by atoms with Crippen molar-refractivity contribution in [1.82, 2.24) is 9.80 Å². The van der Waals surface area contributed by atoms with Gasteiger partial charge in [-0.25, -0.2) is 0 Å². The van der Waals surface area contributed by atoms with Crippen LogP contribution in [0.3, 0.4) is 0 Å². The quantitative estimate of drug-likeness (QED) is 0.784. The highest BCUT2D eigenvalue weighted by Crippen LogP contribution is 2.28. The van der Waals surface area contributed by atoms with Gasteiger partial charge in [-0.15, -0.1) is 0 Å². The first-order valence-electron chi connectivity index (χ1n) is 6.34. The lowest BCUT2D eigenvalue weighted by Crippen LogP contribution is -2.35. The van der Waals surface area contributed by atoms with Gasteiger partial charge in [0.2, 0.25) is 0 Å². The van der Waals surface area contributed by atoms with E-state index in [1.165, 1.54) is 0 Å². The van der Waals surface area contributed by atoms with Crippen LogP contribution in [0.1, 0.15) is 12.0 Å². The molecule has 0 N–H and O–H groups in total. The fraction of sp³-hybridized carbons (Fsp3) is 0.500. The molecule has 0 radical (unpaired) electrons. The molecule has 0 bridgehead atoms. The molecule has 1 aliphatic heterocycles. The molecule has 0 aromatic heterocycles. The number of hydrogen-bond acceptors (Lipinski definition) is 3. The first-order valence-corrected chi connectivity index (χ1v) is 7.54. The van der Waals surface area contributed by atoms with Gasteiger partial charge in [-0.3, -0.25) is 0 Å². The molecule has 1 atom stereocenters. The lowest BCUT2D eigenvalue weighted by molar-refractivity contribution is 0.160. The lowest BCUT2D eigenvalue weighted by Gasteiger charge is -2.22. The third-order valence-electron chi connectivity index (χ3n) is 3.19. The number of ether oxygens (including phenoxy) is 1. The van der Waals surface area contributed by atoms with Crippen LogP contribution in [0.15, 0.2) is 22.7 Å². The van der Waals surface area contributed by atoms with E-state index in [9.17, 15) is 0 Å². The van der Waals surface area contributed by atoms with E-state index in [0.717, 1.165) is 40.3 Å². The molecule has 104 valence electrons. The Morgan fingerprint density at radius 3 is 2.89 bits per heavy atom. The molecule has 0 spiro atoms. The monoisotopic (exact) mass is 342 g/mol. The van der Waals surface area contributed by atoms with Gasteiger partial charge < -0.3 is 14.5 Å². The number of halogens is 1. The van der Waals surface area contributed by atoms with Gasteiger partial charge in [0.25, 0.3) is 0 Å². The average Bonchev–Trinajstić information content (AvgIpc) is 2.47. The maximum Gasteiger partial charge on any atom is 0.130 e. The van der Waals surface area contributed by atoms with E-state index in [2.05, 4.69) is 39.8 Å². The maximum atomic E-state index is 6.13. The molecule has 0 fully saturated rings. The van der Waals surface area contributed by atoms with Crippen LogP contribution in [-0.4, -0.2) is 55.1 Å². The molecule has 2 rings (SSSR count). The number of hydrogen-bond donors (Lipinski definition) is 0. The molecular weight excluding hydrogens is 324 g/mol. The standard InChI is InChI=1S/C14H19BrN2OS/c1-16(2)7-6-11-9-17(3)14(19)12-8-10(15)4-5-13(12)18-11/h4-5,8,11H,6-7,9H2,1-3H3. The minimum Gasteiger partial charge on any atom is -0.488 e. The molecule has 3 nitrogen and oxygen atoms in total. The average molecular weight is 343 g/mol. The van der Waals surface area contributed by atoms with Crippen LogP contribution in [-0.2, 0) is 0 Å². The zero-order valence-electron chi connectivity index (χ0n) is 11.5. The van der Waals surface area contributed by atoms with Crippen LogP contribution in [0.4, 0.5) is 0 Å². The Hall–Kier alpha value is -0.650. The molecular formula is C14H19BrN2OS. The van der Waals surface area contributed by atoms with Crippen LogP contribution in [0.5, 0.6) is 5.75 Å². The largest absolute Gasteiger partial charge is 0.488 e. The van der Waals surface area contributed by atoms with Crippen LogP contribution in [0.2, 0.25) is 0 Å². The zero-order chi connectivity index (χ0) is 14.0. The fourth-order valence-corrected chi connectivity index (χ4v) is 2.73. The molecule has 19 heavy (non-hydrogen) atoms. The van der Waals surface area contributed by atoms with E-state index in [4.69, 9.17) is 17.0 Å². The van der Waals surface area contributed by atoms with Crippen LogP contribution in [0, 0.1) is 0 Å². The second-order valence-corrected chi connectivity index (χ2v) is 6.46. The number of thiocarbonyl (C=S) groups is 1. The Balaban J connectivity index is 2.22. The van der Waals surface area contributed by atoms with E-state index in [-0.39, 0.29) is 6.10 Å². The van der Waals surface area contributed by atoms with Crippen molar-refractivity contribution >= 4 is 33.1 Å². The van der Waals surface area contributed by atoms with Gasteiger partial charge in [0.1, 0.15) is 16.8 Å². The van der Waals surface area contributed by atoms with E-state index < -0.39 is 0 Å². The second-order valence-electron chi connectivity index (χ2n) is 5.16. The summed E-state index contributed by atoms with van der Waals surface area (Å²) in [6, 6.07) is 6.02. The van der Waals surface area contributed by atoms with E-state index in [1.807, 2.05) is 25.2 Å². The third-order valence-corrected chi connectivity index (χ3v) is 4.21. The minimum absolute atomic E-state index is 0.174. The highest BCUT2D eigenvalue weighted by Gasteiger charge is 2.24. The van der Waals surface area contributed by atoms with Gasteiger partial charge in [0.15, 0.2) is 0 Å². The van der Waals surface area contributed by atoms with Crippen molar-refractivity contribution in [2.75, 3.05) is 34.2 Å². The molecule has 0 aliphatic carbocycles. The molecule has 5 heteroatoms. The SMILES string of the molecule is CN(C)CCC1CN(C)C(=S)c2cc(Br)ccc2O1. The summed E-state index contributed by atoms with van der Waals surface area (Å²) in [5, 5.41) is 0. The Bertz CT molecular complexity index is 479. The van der Waals surface area contributed by atoms with Crippen LogP contribution < -0.4 is 4.74 Å². The molecule has 0 saturated heterocycles. The highest BCUT2D eigenvalue weighted by molar-refractivity contribution is 9.10. The van der Waals surface area contributed by atoms with E-state index in [0.29, 0.717) is 0 Å². The van der Waals surface area contributed by atoms with Crippen molar-refractivity contribution in [2.24, 2.45) is 0 Å². The van der Waals surface area contributed by atoms with Crippen LogP contribution >= 0.6 is 28.1 Å². The summed E-state index contributed by atoms with van der Waals surface area (Å²) >= 11 is 9.02. The topological polar surface area (TPSA) is 15.7 Å². The molecule has 1 aliphatic rings. The predicted octanol–water partition coefficient (Wildman–Crippen LogP) is 2.77. The maximum absolute atomic E-state index is 6.13. The van der Waals surface area contributed by atoms with Crippen molar-refractivity contribution in [2.45, 2.75) is 12.5 Å². The summed E-state index contributed by atoms with van der Waals surface area (Å²) < 4.78 is 7.15. The van der Waals surface area contributed by atoms with Gasteiger partial charge in [-0.1, -0.05) is 28.1 Å². The van der Waals surface area contributed by atoms with Crippen molar-refractivity contribution in [1.29, 1.82) is 0 Å². The molecule has 0 amide bonds. The highest BCUT2D eigenvalue weighted by atomic mass is 79.9. The Morgan fingerprint density at radius 2 is 2.21 bits per heavy atom. The predicted molar refractivity (Wildman–Crippen MR) is 86.1 cm³/mol. The Kier molecular flexibility index (Phi) is 4.81. The molecule has 1 aromatic rings. The number of fused-ring (bicyclic) bond motifs is 1. The van der Waals surface area contributed by atoms with Crippen LogP contribution in [0.25, 0.3) is 0 Å². The minimum atomic E-state index is 0.174. The summed E-state index contributed by atoms with van der Waals surface area (Å²) in [5.74, 6) is 0.890. The Labute approximate surface area is 128 Å². The molecule has 1 aromatic carbocycles. The van der Waals surface area contributed by atoms with Crippen molar-refractivity contribution < 1.29 is 4.74 Å². The van der Waals surface area contributed by atoms with Crippen molar-refractivity contribution in [3.8, 4) is 5.75 Å². The fourth-order valence-electron chi connectivity index (χ4n) is 2.14. The number of likely N-dealkylation sites (N-methyl/N-ethyl adjacent to an activating group) is 1. The van der Waals surface area contributed by atoms with Gasteiger partial charge in [0, 0.05) is 18.1 Å². The summed E-state index contributed by atoms with van der Waals surface area (Å²) in [5.41, 5.74) is 0.999.